The van der Waals surface area contributed by atoms with Gasteiger partial charge in [0.2, 0.25) is 5.88 Å². The lowest BCUT2D eigenvalue weighted by molar-refractivity contribution is -0.276. The topological polar surface area (TPSA) is 45.9 Å². The van der Waals surface area contributed by atoms with Gasteiger partial charge < -0.3 is 4.74 Å². The van der Waals surface area contributed by atoms with Gasteiger partial charge in [0.1, 0.15) is 5.69 Å². The first kappa shape index (κ1) is 14.2. The van der Waals surface area contributed by atoms with Crippen LogP contribution >= 0.6 is 0 Å². The molecule has 0 aromatic carbocycles. The van der Waals surface area contributed by atoms with Crippen molar-refractivity contribution in [3.05, 3.63) is 22.9 Å². The minimum atomic E-state index is -5.03. The number of alkyl halides is 5. The monoisotopic (exact) mass is 266 g/mol. The van der Waals surface area contributed by atoms with Crippen molar-refractivity contribution in [2.75, 3.05) is 0 Å². The molecule has 3 nitrogen and oxygen atoms in total. The number of hydrogen-bond donors (Lipinski definition) is 0. The SMILES string of the molecule is Cc1c(CC#N)cc(C(F)F)nc1OC(F)(F)F. The van der Waals surface area contributed by atoms with Crippen LogP contribution in [0.3, 0.4) is 0 Å². The third-order valence-electron chi connectivity index (χ3n) is 2.06. The Morgan fingerprint density at radius 3 is 2.50 bits per heavy atom. The molecule has 0 N–H and O–H groups in total. The van der Waals surface area contributed by atoms with Gasteiger partial charge in [-0.1, -0.05) is 0 Å². The van der Waals surface area contributed by atoms with Crippen LogP contribution in [0.2, 0.25) is 0 Å². The first-order valence-corrected chi connectivity index (χ1v) is 4.66. The summed E-state index contributed by atoms with van der Waals surface area (Å²) in [7, 11) is 0. The molecule has 1 rings (SSSR count). The molecule has 1 heterocycles. The van der Waals surface area contributed by atoms with Gasteiger partial charge in [-0.05, 0) is 18.6 Å². The number of nitrogens with zero attached hydrogens (tertiary/aromatic N) is 2. The number of ether oxygens (including phenoxy) is 1. The molecule has 0 radical (unpaired) electrons. The molecule has 0 bridgehead atoms. The van der Waals surface area contributed by atoms with Crippen molar-refractivity contribution in [2.24, 2.45) is 0 Å². The van der Waals surface area contributed by atoms with Gasteiger partial charge in [-0.25, -0.2) is 13.8 Å². The molecule has 0 saturated carbocycles. The fourth-order valence-corrected chi connectivity index (χ4v) is 1.25. The summed E-state index contributed by atoms with van der Waals surface area (Å²) in [6, 6.07) is 2.57. The molecule has 0 atom stereocenters. The van der Waals surface area contributed by atoms with Crippen molar-refractivity contribution in [1.82, 2.24) is 4.98 Å². The molecule has 98 valence electrons. The number of aromatic nitrogens is 1. The molecule has 8 heteroatoms. The Morgan fingerprint density at radius 1 is 1.44 bits per heavy atom. The maximum Gasteiger partial charge on any atom is 0.574 e. The molecule has 0 saturated heterocycles. The van der Waals surface area contributed by atoms with Crippen LogP contribution < -0.4 is 4.74 Å². The molecular formula is C10H7F5N2O. The minimum Gasteiger partial charge on any atom is -0.388 e. The molecule has 0 aliphatic rings. The second-order valence-corrected chi connectivity index (χ2v) is 3.32. The number of halogens is 5. The van der Waals surface area contributed by atoms with E-state index in [1.165, 1.54) is 6.92 Å². The zero-order valence-corrected chi connectivity index (χ0v) is 9.05. The Kier molecular flexibility index (Phi) is 4.06. The first-order valence-electron chi connectivity index (χ1n) is 4.66. The Balaban J connectivity index is 3.27. The van der Waals surface area contributed by atoms with E-state index in [9.17, 15) is 22.0 Å². The van der Waals surface area contributed by atoms with E-state index in [1.807, 2.05) is 0 Å². The van der Waals surface area contributed by atoms with Crippen molar-refractivity contribution in [2.45, 2.75) is 26.1 Å². The van der Waals surface area contributed by atoms with Crippen LogP contribution in [0.15, 0.2) is 6.07 Å². The van der Waals surface area contributed by atoms with Crippen LogP contribution in [0, 0.1) is 18.3 Å². The Bertz CT molecular complexity index is 478. The van der Waals surface area contributed by atoms with E-state index in [1.54, 1.807) is 6.07 Å². The summed E-state index contributed by atoms with van der Waals surface area (Å²) in [4.78, 5) is 3.10. The second-order valence-electron chi connectivity index (χ2n) is 3.32. The lowest BCUT2D eigenvalue weighted by Crippen LogP contribution is -2.19. The van der Waals surface area contributed by atoms with E-state index in [0.717, 1.165) is 6.07 Å². The van der Waals surface area contributed by atoms with Crippen LogP contribution in [-0.4, -0.2) is 11.3 Å². The van der Waals surface area contributed by atoms with Gasteiger partial charge in [-0.3, -0.25) is 0 Å². The standard InChI is InChI=1S/C10H7F5N2O/c1-5-6(2-3-16)4-7(8(11)12)17-9(5)18-10(13,14)15/h4,8H,2H2,1H3. The van der Waals surface area contributed by atoms with Crippen LogP contribution in [0.25, 0.3) is 0 Å². The van der Waals surface area contributed by atoms with Crippen molar-refractivity contribution in [1.29, 1.82) is 5.26 Å². The smallest absolute Gasteiger partial charge is 0.388 e. The summed E-state index contributed by atoms with van der Waals surface area (Å²) in [5, 5.41) is 8.48. The molecule has 1 aromatic heterocycles. The Morgan fingerprint density at radius 2 is 2.06 bits per heavy atom. The zero-order valence-electron chi connectivity index (χ0n) is 9.05. The highest BCUT2D eigenvalue weighted by Crippen LogP contribution is 2.29. The predicted octanol–water partition coefficient (Wildman–Crippen LogP) is 3.29. The molecule has 18 heavy (non-hydrogen) atoms. The quantitative estimate of drug-likeness (QED) is 0.788. The zero-order chi connectivity index (χ0) is 13.9. The van der Waals surface area contributed by atoms with E-state index >= 15 is 0 Å². The molecule has 0 aliphatic heterocycles. The normalized spacial score (nSPS) is 11.4. The second kappa shape index (κ2) is 5.16. The maximum atomic E-state index is 12.4. The minimum absolute atomic E-state index is 0.0297. The van der Waals surface area contributed by atoms with Gasteiger partial charge in [0.25, 0.3) is 6.43 Å². The molecule has 0 spiro atoms. The largest absolute Gasteiger partial charge is 0.574 e. The van der Waals surface area contributed by atoms with Gasteiger partial charge in [0.05, 0.1) is 12.5 Å². The third kappa shape index (κ3) is 3.55. The Labute approximate surface area is 98.8 Å². The number of nitriles is 1. The predicted molar refractivity (Wildman–Crippen MR) is 49.9 cm³/mol. The van der Waals surface area contributed by atoms with Gasteiger partial charge in [-0.15, -0.1) is 13.2 Å². The van der Waals surface area contributed by atoms with Crippen LogP contribution in [-0.2, 0) is 6.42 Å². The number of rotatable bonds is 3. The van der Waals surface area contributed by atoms with Crippen molar-refractivity contribution in [3.8, 4) is 11.9 Å². The summed E-state index contributed by atoms with van der Waals surface area (Å²) >= 11 is 0. The summed E-state index contributed by atoms with van der Waals surface area (Å²) in [5.74, 6) is -0.953. The van der Waals surface area contributed by atoms with E-state index in [-0.39, 0.29) is 17.5 Å². The molecule has 0 aliphatic carbocycles. The summed E-state index contributed by atoms with van der Waals surface area (Å²) in [5.41, 5.74) is -0.912. The highest BCUT2D eigenvalue weighted by atomic mass is 19.4. The number of pyridine rings is 1. The average molecular weight is 266 g/mol. The van der Waals surface area contributed by atoms with Gasteiger partial charge in [-0.2, -0.15) is 5.26 Å². The van der Waals surface area contributed by atoms with Crippen molar-refractivity contribution in [3.63, 3.8) is 0 Å². The highest BCUT2D eigenvalue weighted by Gasteiger charge is 2.33. The van der Waals surface area contributed by atoms with Crippen LogP contribution in [0.4, 0.5) is 22.0 Å². The van der Waals surface area contributed by atoms with E-state index in [2.05, 4.69) is 9.72 Å². The Hall–Kier alpha value is -1.91. The lowest BCUT2D eigenvalue weighted by Gasteiger charge is -2.13. The molecule has 0 fully saturated rings. The van der Waals surface area contributed by atoms with Crippen LogP contribution in [0.5, 0.6) is 5.88 Å². The van der Waals surface area contributed by atoms with Crippen molar-refractivity contribution < 1.29 is 26.7 Å². The highest BCUT2D eigenvalue weighted by molar-refractivity contribution is 5.37. The molecular weight excluding hydrogens is 259 g/mol. The molecule has 0 amide bonds. The molecule has 1 aromatic rings. The van der Waals surface area contributed by atoms with Gasteiger partial charge in [0, 0.05) is 5.56 Å². The van der Waals surface area contributed by atoms with E-state index in [0.29, 0.717) is 0 Å². The third-order valence-corrected chi connectivity index (χ3v) is 2.06. The van der Waals surface area contributed by atoms with Crippen molar-refractivity contribution >= 4 is 0 Å². The average Bonchev–Trinajstić information content (AvgIpc) is 2.21. The molecule has 0 unspecified atom stereocenters. The fraction of sp³-hybridized carbons (Fsp3) is 0.400. The lowest BCUT2D eigenvalue weighted by atomic mass is 10.1. The van der Waals surface area contributed by atoms with Crippen LogP contribution in [0.1, 0.15) is 23.2 Å². The van der Waals surface area contributed by atoms with E-state index in [4.69, 9.17) is 5.26 Å². The first-order chi connectivity index (χ1) is 8.24. The number of hydrogen-bond acceptors (Lipinski definition) is 3. The maximum absolute atomic E-state index is 12.4. The summed E-state index contributed by atoms with van der Waals surface area (Å²) in [6.45, 7) is 1.22. The fourth-order valence-electron chi connectivity index (χ4n) is 1.25. The van der Waals surface area contributed by atoms with Gasteiger partial charge >= 0.3 is 6.36 Å². The van der Waals surface area contributed by atoms with E-state index < -0.39 is 24.4 Å². The summed E-state index contributed by atoms with van der Waals surface area (Å²) in [6.07, 6.45) is -8.37. The van der Waals surface area contributed by atoms with Gasteiger partial charge in [0.15, 0.2) is 0 Å². The summed E-state index contributed by atoms with van der Waals surface area (Å²) < 4.78 is 64.6.